The van der Waals surface area contributed by atoms with Gasteiger partial charge in [0.15, 0.2) is 5.16 Å². The molecule has 0 fully saturated rings. The number of thioether (sulfide) groups is 1. The largest absolute Gasteiger partial charge is 0.373 e. The Labute approximate surface area is 92.0 Å². The van der Waals surface area contributed by atoms with Crippen LogP contribution in [0.5, 0.6) is 0 Å². The Balaban J connectivity index is 2.47. The summed E-state index contributed by atoms with van der Waals surface area (Å²) in [5.74, 6) is 1.62. The highest BCUT2D eigenvalue weighted by Gasteiger charge is 2.03. The third-order valence-corrected chi connectivity index (χ3v) is 2.45. The molecule has 5 nitrogen and oxygen atoms in total. The Morgan fingerprint density at radius 3 is 2.87 bits per heavy atom. The van der Waals surface area contributed by atoms with Crippen molar-refractivity contribution in [1.29, 1.82) is 0 Å². The highest BCUT2D eigenvalue weighted by Crippen LogP contribution is 2.15. The van der Waals surface area contributed by atoms with E-state index in [1.54, 1.807) is 12.5 Å². The maximum atomic E-state index is 4.38. The average molecular weight is 221 g/mol. The van der Waals surface area contributed by atoms with Crippen LogP contribution in [0.1, 0.15) is 0 Å². The Morgan fingerprint density at radius 2 is 2.27 bits per heavy atom. The van der Waals surface area contributed by atoms with Gasteiger partial charge in [-0.05, 0) is 6.26 Å². The minimum atomic E-state index is 0.741. The van der Waals surface area contributed by atoms with Gasteiger partial charge in [-0.2, -0.15) is 0 Å². The van der Waals surface area contributed by atoms with Crippen molar-refractivity contribution < 1.29 is 0 Å². The summed E-state index contributed by atoms with van der Waals surface area (Å²) >= 11 is 1.51. The first-order chi connectivity index (χ1) is 7.33. The molecular formula is C9H11N5S. The van der Waals surface area contributed by atoms with Crippen LogP contribution in [0, 0.1) is 0 Å². The Bertz CT molecular complexity index is 418. The van der Waals surface area contributed by atoms with Crippen LogP contribution < -0.4 is 5.32 Å². The molecule has 2 aromatic heterocycles. The Kier molecular flexibility index (Phi) is 2.86. The van der Waals surface area contributed by atoms with E-state index in [0.717, 1.165) is 16.8 Å². The lowest BCUT2D eigenvalue weighted by molar-refractivity contribution is 0.892. The van der Waals surface area contributed by atoms with Crippen molar-refractivity contribution in [3.63, 3.8) is 0 Å². The molecule has 2 rings (SSSR count). The second-order valence-electron chi connectivity index (χ2n) is 2.82. The summed E-state index contributed by atoms with van der Waals surface area (Å²) in [6.45, 7) is 0. The number of rotatable bonds is 3. The number of anilines is 1. The summed E-state index contributed by atoms with van der Waals surface area (Å²) in [5.41, 5.74) is 0. The molecule has 0 saturated carbocycles. The monoisotopic (exact) mass is 221 g/mol. The third kappa shape index (κ3) is 2.10. The van der Waals surface area contributed by atoms with Crippen LogP contribution in [-0.4, -0.2) is 32.8 Å². The van der Waals surface area contributed by atoms with Crippen LogP contribution in [-0.2, 0) is 0 Å². The van der Waals surface area contributed by atoms with Gasteiger partial charge >= 0.3 is 0 Å². The molecule has 0 aliphatic rings. The van der Waals surface area contributed by atoms with E-state index in [0.29, 0.717) is 0 Å². The topological polar surface area (TPSA) is 55.6 Å². The normalized spacial score (nSPS) is 10.3. The van der Waals surface area contributed by atoms with Crippen molar-refractivity contribution in [2.45, 2.75) is 5.16 Å². The summed E-state index contributed by atoms with van der Waals surface area (Å²) in [6.07, 6.45) is 7.24. The van der Waals surface area contributed by atoms with Gasteiger partial charge < -0.3 is 5.32 Å². The van der Waals surface area contributed by atoms with E-state index in [1.807, 2.05) is 30.1 Å². The summed E-state index contributed by atoms with van der Waals surface area (Å²) in [6, 6.07) is 1.88. The predicted octanol–water partition coefficient (Wildman–Crippen LogP) is 1.43. The molecule has 0 bridgehead atoms. The number of hydrogen-bond donors (Lipinski definition) is 1. The highest BCUT2D eigenvalue weighted by atomic mass is 32.2. The molecule has 6 heteroatoms. The zero-order chi connectivity index (χ0) is 10.7. The summed E-state index contributed by atoms with van der Waals surface area (Å²) in [5, 5.41) is 3.75. The zero-order valence-electron chi connectivity index (χ0n) is 8.51. The minimum absolute atomic E-state index is 0.741. The molecule has 0 spiro atoms. The quantitative estimate of drug-likeness (QED) is 0.627. The Morgan fingerprint density at radius 1 is 1.40 bits per heavy atom. The SMILES string of the molecule is CNc1cc(-n2ccnc2)nc(SC)n1. The fraction of sp³-hybridized carbons (Fsp3) is 0.222. The van der Waals surface area contributed by atoms with Crippen LogP contribution in [0.2, 0.25) is 0 Å². The van der Waals surface area contributed by atoms with Crippen molar-refractivity contribution in [3.8, 4) is 5.82 Å². The molecule has 0 unspecified atom stereocenters. The van der Waals surface area contributed by atoms with Gasteiger partial charge in [-0.25, -0.2) is 15.0 Å². The summed E-state index contributed by atoms with van der Waals surface area (Å²) < 4.78 is 1.85. The van der Waals surface area contributed by atoms with Gasteiger partial charge in [0.05, 0.1) is 0 Å². The first-order valence-electron chi connectivity index (χ1n) is 4.42. The standard InChI is InChI=1S/C9H11N5S/c1-10-7-5-8(13-9(12-7)15-2)14-4-3-11-6-14/h3-6H,1-2H3,(H,10,12,13). The molecule has 2 heterocycles. The molecule has 0 atom stereocenters. The molecule has 15 heavy (non-hydrogen) atoms. The van der Waals surface area contributed by atoms with E-state index >= 15 is 0 Å². The lowest BCUT2D eigenvalue weighted by Gasteiger charge is -2.06. The van der Waals surface area contributed by atoms with E-state index in [-0.39, 0.29) is 0 Å². The first kappa shape index (κ1) is 9.97. The number of nitrogens with one attached hydrogen (secondary N) is 1. The molecule has 78 valence electrons. The van der Waals surface area contributed by atoms with Gasteiger partial charge in [0.2, 0.25) is 0 Å². The van der Waals surface area contributed by atoms with E-state index in [1.165, 1.54) is 11.8 Å². The second-order valence-corrected chi connectivity index (χ2v) is 3.59. The molecule has 0 aliphatic carbocycles. The van der Waals surface area contributed by atoms with Crippen LogP contribution in [0.25, 0.3) is 5.82 Å². The minimum Gasteiger partial charge on any atom is -0.373 e. The molecule has 0 aliphatic heterocycles. The molecule has 2 aromatic rings. The molecule has 0 amide bonds. The van der Waals surface area contributed by atoms with Gasteiger partial charge in [0, 0.05) is 25.5 Å². The first-order valence-corrected chi connectivity index (χ1v) is 5.65. The van der Waals surface area contributed by atoms with Gasteiger partial charge in [-0.15, -0.1) is 0 Å². The zero-order valence-corrected chi connectivity index (χ0v) is 9.32. The molecule has 0 saturated heterocycles. The maximum Gasteiger partial charge on any atom is 0.191 e. The van der Waals surface area contributed by atoms with E-state index < -0.39 is 0 Å². The fourth-order valence-electron chi connectivity index (χ4n) is 1.16. The van der Waals surface area contributed by atoms with Gasteiger partial charge in [0.25, 0.3) is 0 Å². The van der Waals surface area contributed by atoms with Crippen molar-refractivity contribution in [2.75, 3.05) is 18.6 Å². The molecule has 0 aromatic carbocycles. The van der Waals surface area contributed by atoms with Crippen molar-refractivity contribution in [1.82, 2.24) is 19.5 Å². The molecular weight excluding hydrogens is 210 g/mol. The van der Waals surface area contributed by atoms with E-state index in [9.17, 15) is 0 Å². The highest BCUT2D eigenvalue weighted by molar-refractivity contribution is 7.98. The van der Waals surface area contributed by atoms with Gasteiger partial charge in [0.1, 0.15) is 18.0 Å². The van der Waals surface area contributed by atoms with Crippen molar-refractivity contribution in [2.24, 2.45) is 0 Å². The second kappa shape index (κ2) is 4.31. The van der Waals surface area contributed by atoms with Crippen LogP contribution >= 0.6 is 11.8 Å². The van der Waals surface area contributed by atoms with Crippen LogP contribution in [0.15, 0.2) is 29.9 Å². The van der Waals surface area contributed by atoms with Crippen LogP contribution in [0.3, 0.4) is 0 Å². The summed E-state index contributed by atoms with van der Waals surface area (Å²) in [7, 11) is 1.84. The van der Waals surface area contributed by atoms with Crippen molar-refractivity contribution in [3.05, 3.63) is 24.8 Å². The lowest BCUT2D eigenvalue weighted by Crippen LogP contribution is -2.01. The number of nitrogens with zero attached hydrogens (tertiary/aromatic N) is 4. The van der Waals surface area contributed by atoms with E-state index in [2.05, 4.69) is 20.3 Å². The number of hydrogen-bond acceptors (Lipinski definition) is 5. The molecule has 1 N–H and O–H groups in total. The van der Waals surface area contributed by atoms with E-state index in [4.69, 9.17) is 0 Å². The summed E-state index contributed by atoms with van der Waals surface area (Å²) in [4.78, 5) is 12.6. The number of aromatic nitrogens is 4. The maximum absolute atomic E-state index is 4.38. The van der Waals surface area contributed by atoms with Crippen LogP contribution in [0.4, 0.5) is 5.82 Å². The predicted molar refractivity (Wildman–Crippen MR) is 60.5 cm³/mol. The smallest absolute Gasteiger partial charge is 0.191 e. The third-order valence-electron chi connectivity index (χ3n) is 1.90. The average Bonchev–Trinajstić information content (AvgIpc) is 2.81. The molecule has 0 radical (unpaired) electrons. The van der Waals surface area contributed by atoms with Gasteiger partial charge in [-0.1, -0.05) is 11.8 Å². The number of imidazole rings is 1. The fourth-order valence-corrected chi connectivity index (χ4v) is 1.53. The van der Waals surface area contributed by atoms with Crippen molar-refractivity contribution >= 4 is 17.6 Å². The Hall–Kier alpha value is -1.56. The lowest BCUT2D eigenvalue weighted by atomic mass is 10.5. The van der Waals surface area contributed by atoms with Gasteiger partial charge in [-0.3, -0.25) is 4.57 Å².